The molecule has 4 heteroatoms. The Bertz CT molecular complexity index is 391. The van der Waals surface area contributed by atoms with Crippen molar-refractivity contribution in [3.05, 3.63) is 17.5 Å². The molecule has 0 aliphatic carbocycles. The summed E-state index contributed by atoms with van der Waals surface area (Å²) >= 11 is 0. The summed E-state index contributed by atoms with van der Waals surface area (Å²) in [6, 6.07) is 1.77. The van der Waals surface area contributed by atoms with Gasteiger partial charge in [-0.1, -0.05) is 5.92 Å². The van der Waals surface area contributed by atoms with Gasteiger partial charge in [-0.05, 0) is 6.92 Å². The second-order valence-corrected chi connectivity index (χ2v) is 2.99. The molecule has 1 aromatic rings. The van der Waals surface area contributed by atoms with Crippen molar-refractivity contribution in [2.75, 3.05) is 6.54 Å². The van der Waals surface area contributed by atoms with Crippen molar-refractivity contribution in [1.29, 1.82) is 5.26 Å². The van der Waals surface area contributed by atoms with E-state index in [0.717, 1.165) is 11.3 Å². The third-order valence-electron chi connectivity index (χ3n) is 1.90. The highest BCUT2D eigenvalue weighted by atomic mass is 15.3. The molecule has 1 rings (SSSR count). The minimum atomic E-state index is -0.375. The molecule has 0 radical (unpaired) electrons. The van der Waals surface area contributed by atoms with Gasteiger partial charge in [0.15, 0.2) is 0 Å². The lowest BCUT2D eigenvalue weighted by molar-refractivity contribution is 0.686. The number of rotatable bonds is 3. The van der Waals surface area contributed by atoms with Crippen LogP contribution in [-0.2, 0) is 7.05 Å². The van der Waals surface area contributed by atoms with Gasteiger partial charge in [0.1, 0.15) is 6.04 Å². The summed E-state index contributed by atoms with van der Waals surface area (Å²) in [6.45, 7) is 2.25. The molecule has 0 bridgehead atoms. The van der Waals surface area contributed by atoms with E-state index in [2.05, 4.69) is 22.4 Å². The summed E-state index contributed by atoms with van der Waals surface area (Å²) in [6.07, 6.45) is 6.94. The maximum absolute atomic E-state index is 8.92. The summed E-state index contributed by atoms with van der Waals surface area (Å²) in [5.41, 5.74) is 1.73. The monoisotopic (exact) mass is 188 g/mol. The zero-order valence-corrected chi connectivity index (χ0v) is 8.28. The molecule has 14 heavy (non-hydrogen) atoms. The van der Waals surface area contributed by atoms with Crippen LogP contribution < -0.4 is 5.32 Å². The van der Waals surface area contributed by atoms with Crippen molar-refractivity contribution >= 4 is 0 Å². The van der Waals surface area contributed by atoms with Crippen molar-refractivity contribution in [1.82, 2.24) is 15.1 Å². The van der Waals surface area contributed by atoms with Gasteiger partial charge in [0, 0.05) is 18.8 Å². The first-order chi connectivity index (χ1) is 6.69. The van der Waals surface area contributed by atoms with Gasteiger partial charge in [0.05, 0.1) is 18.3 Å². The molecule has 0 saturated carbocycles. The number of nitrogens with one attached hydrogen (secondary N) is 1. The fourth-order valence-electron chi connectivity index (χ4n) is 1.29. The Morgan fingerprint density at radius 1 is 1.79 bits per heavy atom. The highest BCUT2D eigenvalue weighted by molar-refractivity contribution is 5.25. The number of aryl methyl sites for hydroxylation is 2. The fraction of sp³-hybridized carbons (Fsp3) is 0.400. The standard InChI is InChI=1S/C10H12N4/c1-4-5-12-10(6-11)9-7-14(3)13-8(9)2/h1,7,10,12H,5H2,2-3H3. The van der Waals surface area contributed by atoms with Crippen LogP contribution in [0.2, 0.25) is 0 Å². The van der Waals surface area contributed by atoms with Crippen molar-refractivity contribution < 1.29 is 0 Å². The highest BCUT2D eigenvalue weighted by Crippen LogP contribution is 2.14. The van der Waals surface area contributed by atoms with Crippen LogP contribution in [0, 0.1) is 30.6 Å². The second kappa shape index (κ2) is 4.45. The van der Waals surface area contributed by atoms with Crippen LogP contribution in [0.4, 0.5) is 0 Å². The number of aromatic nitrogens is 2. The van der Waals surface area contributed by atoms with Gasteiger partial charge in [-0.3, -0.25) is 10.00 Å². The largest absolute Gasteiger partial charge is 0.287 e. The van der Waals surface area contributed by atoms with Crippen molar-refractivity contribution in [3.63, 3.8) is 0 Å². The first kappa shape index (κ1) is 10.3. The Hall–Kier alpha value is -1.78. The third kappa shape index (κ3) is 2.12. The number of hydrogen-bond donors (Lipinski definition) is 1. The third-order valence-corrected chi connectivity index (χ3v) is 1.90. The van der Waals surface area contributed by atoms with Gasteiger partial charge in [-0.2, -0.15) is 10.4 Å². The maximum atomic E-state index is 8.92. The number of nitrogens with zero attached hydrogens (tertiary/aromatic N) is 3. The molecule has 0 aliphatic rings. The zero-order valence-electron chi connectivity index (χ0n) is 8.28. The first-order valence-corrected chi connectivity index (χ1v) is 4.25. The van der Waals surface area contributed by atoms with Gasteiger partial charge < -0.3 is 0 Å². The molecule has 4 nitrogen and oxygen atoms in total. The van der Waals surface area contributed by atoms with Crippen LogP contribution in [0.1, 0.15) is 17.3 Å². The van der Waals surface area contributed by atoms with Gasteiger partial charge in [0.25, 0.3) is 0 Å². The van der Waals surface area contributed by atoms with E-state index in [0.29, 0.717) is 6.54 Å². The van der Waals surface area contributed by atoms with E-state index in [1.807, 2.05) is 20.2 Å². The van der Waals surface area contributed by atoms with Crippen molar-refractivity contribution in [2.24, 2.45) is 7.05 Å². The Morgan fingerprint density at radius 2 is 2.50 bits per heavy atom. The van der Waals surface area contributed by atoms with Gasteiger partial charge in [0.2, 0.25) is 0 Å². The molecule has 0 fully saturated rings. The van der Waals surface area contributed by atoms with E-state index in [4.69, 9.17) is 11.7 Å². The van der Waals surface area contributed by atoms with E-state index >= 15 is 0 Å². The minimum Gasteiger partial charge on any atom is -0.287 e. The van der Waals surface area contributed by atoms with E-state index in [1.165, 1.54) is 0 Å². The molecule has 1 aromatic heterocycles. The SMILES string of the molecule is C#CCNC(C#N)c1cn(C)nc1C. The summed E-state index contributed by atoms with van der Waals surface area (Å²) < 4.78 is 1.69. The summed E-state index contributed by atoms with van der Waals surface area (Å²) in [4.78, 5) is 0. The number of nitriles is 1. The van der Waals surface area contributed by atoms with Crippen molar-refractivity contribution in [3.8, 4) is 18.4 Å². The summed E-state index contributed by atoms with van der Waals surface area (Å²) in [7, 11) is 1.83. The Morgan fingerprint density at radius 3 is 2.93 bits per heavy atom. The molecule has 1 unspecified atom stereocenters. The van der Waals surface area contributed by atoms with E-state index in [1.54, 1.807) is 4.68 Å². The van der Waals surface area contributed by atoms with E-state index in [9.17, 15) is 0 Å². The smallest absolute Gasteiger partial charge is 0.125 e. The molecule has 1 atom stereocenters. The van der Waals surface area contributed by atoms with Crippen molar-refractivity contribution in [2.45, 2.75) is 13.0 Å². The quantitative estimate of drug-likeness (QED) is 0.703. The normalized spacial score (nSPS) is 11.7. The van der Waals surface area contributed by atoms with Gasteiger partial charge in [-0.25, -0.2) is 0 Å². The van der Waals surface area contributed by atoms with Gasteiger partial charge >= 0.3 is 0 Å². The summed E-state index contributed by atoms with van der Waals surface area (Å²) in [5, 5.41) is 16.0. The molecule has 0 aliphatic heterocycles. The van der Waals surface area contributed by atoms with E-state index < -0.39 is 0 Å². The predicted octanol–water partition coefficient (Wildman–Crippen LogP) is 0.516. The van der Waals surface area contributed by atoms with Crippen LogP contribution >= 0.6 is 0 Å². The first-order valence-electron chi connectivity index (χ1n) is 4.25. The number of terminal acetylenes is 1. The van der Waals surface area contributed by atoms with Crippen LogP contribution in [0.5, 0.6) is 0 Å². The van der Waals surface area contributed by atoms with Crippen LogP contribution in [0.25, 0.3) is 0 Å². The average molecular weight is 188 g/mol. The second-order valence-electron chi connectivity index (χ2n) is 2.99. The minimum absolute atomic E-state index is 0.375. The Balaban J connectivity index is 2.86. The van der Waals surface area contributed by atoms with Crippen LogP contribution in [-0.4, -0.2) is 16.3 Å². The maximum Gasteiger partial charge on any atom is 0.125 e. The lowest BCUT2D eigenvalue weighted by Crippen LogP contribution is -2.20. The predicted molar refractivity (Wildman–Crippen MR) is 53.1 cm³/mol. The number of hydrogen-bond acceptors (Lipinski definition) is 3. The molecule has 0 aromatic carbocycles. The molecular formula is C10H12N4. The van der Waals surface area contributed by atoms with E-state index in [-0.39, 0.29) is 6.04 Å². The molecule has 0 spiro atoms. The lowest BCUT2D eigenvalue weighted by atomic mass is 10.1. The molecule has 1 heterocycles. The zero-order chi connectivity index (χ0) is 10.6. The van der Waals surface area contributed by atoms with Gasteiger partial charge in [-0.15, -0.1) is 6.42 Å². The Labute approximate surface area is 83.5 Å². The molecular weight excluding hydrogens is 176 g/mol. The molecule has 1 N–H and O–H groups in total. The highest BCUT2D eigenvalue weighted by Gasteiger charge is 2.14. The Kier molecular flexibility index (Phi) is 3.28. The molecule has 0 amide bonds. The molecule has 0 saturated heterocycles. The lowest BCUT2D eigenvalue weighted by Gasteiger charge is -2.06. The summed E-state index contributed by atoms with van der Waals surface area (Å²) in [5.74, 6) is 2.44. The topological polar surface area (TPSA) is 53.6 Å². The van der Waals surface area contributed by atoms with Crippen LogP contribution in [0.15, 0.2) is 6.20 Å². The average Bonchev–Trinajstić information content (AvgIpc) is 2.47. The fourth-order valence-corrected chi connectivity index (χ4v) is 1.29. The molecule has 72 valence electrons. The van der Waals surface area contributed by atoms with Crippen LogP contribution in [0.3, 0.4) is 0 Å².